The van der Waals surface area contributed by atoms with Crippen LogP contribution < -0.4 is 10.1 Å². The molecule has 17 heavy (non-hydrogen) atoms. The summed E-state index contributed by atoms with van der Waals surface area (Å²) in [6.45, 7) is 4.55. The number of aliphatic carboxylic acids is 1. The van der Waals surface area contributed by atoms with Crippen molar-refractivity contribution in [2.45, 2.75) is 32.2 Å². The lowest BCUT2D eigenvalue weighted by Crippen LogP contribution is -2.18. The Morgan fingerprint density at radius 1 is 1.53 bits per heavy atom. The van der Waals surface area contributed by atoms with Crippen LogP contribution in [0.25, 0.3) is 0 Å². The molecule has 0 aromatic heterocycles. The number of hydrogen-bond acceptors (Lipinski definition) is 3. The van der Waals surface area contributed by atoms with Crippen LogP contribution in [0.3, 0.4) is 0 Å². The number of ether oxygens (including phenoxy) is 1. The van der Waals surface area contributed by atoms with Gasteiger partial charge in [0.2, 0.25) is 0 Å². The number of para-hydroxylation sites is 1. The summed E-state index contributed by atoms with van der Waals surface area (Å²) in [5.74, 6) is 0.0611. The van der Waals surface area contributed by atoms with Crippen molar-refractivity contribution >= 4 is 11.7 Å². The van der Waals surface area contributed by atoms with Gasteiger partial charge in [0, 0.05) is 12.0 Å². The van der Waals surface area contributed by atoms with Crippen LogP contribution in [-0.2, 0) is 4.79 Å². The number of carboxylic acids is 1. The molecule has 2 atom stereocenters. The SMILES string of the molecule is CCOc1cccc2c1NC(C)C2CC(=O)O. The first-order valence-electron chi connectivity index (χ1n) is 5.87. The van der Waals surface area contributed by atoms with Gasteiger partial charge in [-0.3, -0.25) is 4.79 Å². The zero-order valence-electron chi connectivity index (χ0n) is 10.1. The molecular formula is C13H17NO3. The third-order valence-corrected chi connectivity index (χ3v) is 3.13. The van der Waals surface area contributed by atoms with Crippen molar-refractivity contribution in [3.63, 3.8) is 0 Å². The first-order valence-corrected chi connectivity index (χ1v) is 5.87. The predicted octanol–water partition coefficient (Wildman–Crippen LogP) is 2.46. The second-order valence-electron chi connectivity index (χ2n) is 4.29. The summed E-state index contributed by atoms with van der Waals surface area (Å²) in [7, 11) is 0. The molecule has 0 amide bonds. The molecule has 1 aliphatic heterocycles. The normalized spacial score (nSPS) is 21.8. The largest absolute Gasteiger partial charge is 0.492 e. The lowest BCUT2D eigenvalue weighted by Gasteiger charge is -2.12. The van der Waals surface area contributed by atoms with Crippen molar-refractivity contribution in [3.8, 4) is 5.75 Å². The highest BCUT2D eigenvalue weighted by atomic mass is 16.5. The number of benzene rings is 1. The van der Waals surface area contributed by atoms with Crippen LogP contribution in [0.2, 0.25) is 0 Å². The molecule has 1 heterocycles. The Kier molecular flexibility index (Phi) is 3.22. The minimum atomic E-state index is -0.765. The summed E-state index contributed by atoms with van der Waals surface area (Å²) in [4.78, 5) is 10.9. The van der Waals surface area contributed by atoms with Gasteiger partial charge in [-0.1, -0.05) is 12.1 Å². The summed E-state index contributed by atoms with van der Waals surface area (Å²) < 4.78 is 5.54. The predicted molar refractivity (Wildman–Crippen MR) is 65.7 cm³/mol. The van der Waals surface area contributed by atoms with E-state index in [1.165, 1.54) is 0 Å². The van der Waals surface area contributed by atoms with E-state index in [0.717, 1.165) is 17.0 Å². The number of anilines is 1. The van der Waals surface area contributed by atoms with Gasteiger partial charge >= 0.3 is 5.97 Å². The van der Waals surface area contributed by atoms with Gasteiger partial charge in [-0.25, -0.2) is 0 Å². The Bertz CT molecular complexity index is 431. The molecule has 4 nitrogen and oxygen atoms in total. The number of nitrogens with one attached hydrogen (secondary N) is 1. The van der Waals surface area contributed by atoms with Gasteiger partial charge in [-0.2, -0.15) is 0 Å². The molecular weight excluding hydrogens is 218 g/mol. The Hall–Kier alpha value is -1.71. The van der Waals surface area contributed by atoms with Gasteiger partial charge in [0.05, 0.1) is 18.7 Å². The van der Waals surface area contributed by atoms with E-state index >= 15 is 0 Å². The van der Waals surface area contributed by atoms with Crippen molar-refractivity contribution in [1.82, 2.24) is 0 Å². The minimum absolute atomic E-state index is 0.0166. The number of hydrogen-bond donors (Lipinski definition) is 2. The van der Waals surface area contributed by atoms with Gasteiger partial charge in [-0.15, -0.1) is 0 Å². The van der Waals surface area contributed by atoms with E-state index in [4.69, 9.17) is 9.84 Å². The fraction of sp³-hybridized carbons (Fsp3) is 0.462. The molecule has 92 valence electrons. The maximum atomic E-state index is 10.9. The molecule has 1 aliphatic rings. The molecule has 0 bridgehead atoms. The Labute approximate surface area is 101 Å². The van der Waals surface area contributed by atoms with E-state index in [9.17, 15) is 4.79 Å². The van der Waals surface area contributed by atoms with E-state index in [0.29, 0.717) is 6.61 Å². The standard InChI is InChI=1S/C13H17NO3/c1-3-17-11-6-4-5-9-10(7-12(15)16)8(2)14-13(9)11/h4-6,8,10,14H,3,7H2,1-2H3,(H,15,16). The van der Waals surface area contributed by atoms with Gasteiger partial charge in [-0.05, 0) is 25.5 Å². The first kappa shape index (κ1) is 11.8. The maximum Gasteiger partial charge on any atom is 0.304 e. The van der Waals surface area contributed by atoms with Crippen LogP contribution in [0.5, 0.6) is 5.75 Å². The third kappa shape index (κ3) is 2.20. The molecule has 0 radical (unpaired) electrons. The summed E-state index contributed by atoms with van der Waals surface area (Å²) in [6.07, 6.45) is 0.150. The molecule has 4 heteroatoms. The van der Waals surface area contributed by atoms with Crippen molar-refractivity contribution in [2.24, 2.45) is 0 Å². The Balaban J connectivity index is 2.33. The fourth-order valence-corrected chi connectivity index (χ4v) is 2.36. The highest BCUT2D eigenvalue weighted by Gasteiger charge is 2.32. The zero-order chi connectivity index (χ0) is 12.4. The summed E-state index contributed by atoms with van der Waals surface area (Å²) in [6, 6.07) is 5.92. The molecule has 0 saturated heterocycles. The molecule has 0 aliphatic carbocycles. The van der Waals surface area contributed by atoms with Crippen molar-refractivity contribution in [3.05, 3.63) is 23.8 Å². The topological polar surface area (TPSA) is 58.6 Å². The molecule has 0 saturated carbocycles. The monoisotopic (exact) mass is 235 g/mol. The summed E-state index contributed by atoms with van der Waals surface area (Å²) in [5, 5.41) is 12.2. The molecule has 0 spiro atoms. The summed E-state index contributed by atoms with van der Waals surface area (Å²) in [5.41, 5.74) is 2.00. The molecule has 2 unspecified atom stereocenters. The average Bonchev–Trinajstić information content (AvgIpc) is 2.57. The number of carbonyl (C=O) groups is 1. The van der Waals surface area contributed by atoms with Crippen LogP contribution >= 0.6 is 0 Å². The van der Waals surface area contributed by atoms with E-state index in [1.54, 1.807) is 0 Å². The second kappa shape index (κ2) is 4.65. The Morgan fingerprint density at radius 3 is 2.94 bits per heavy atom. The molecule has 1 aromatic carbocycles. The van der Waals surface area contributed by atoms with Gasteiger partial charge in [0.25, 0.3) is 0 Å². The van der Waals surface area contributed by atoms with Crippen molar-refractivity contribution in [1.29, 1.82) is 0 Å². The molecule has 2 rings (SSSR count). The minimum Gasteiger partial charge on any atom is -0.492 e. The van der Waals surface area contributed by atoms with Gasteiger partial charge in [0.15, 0.2) is 0 Å². The van der Waals surface area contributed by atoms with Crippen molar-refractivity contribution < 1.29 is 14.6 Å². The number of fused-ring (bicyclic) bond motifs is 1. The highest BCUT2D eigenvalue weighted by Crippen LogP contribution is 2.43. The van der Waals surface area contributed by atoms with Crippen molar-refractivity contribution in [2.75, 3.05) is 11.9 Å². The first-order chi connectivity index (χ1) is 8.13. The zero-order valence-corrected chi connectivity index (χ0v) is 10.1. The van der Waals surface area contributed by atoms with Gasteiger partial charge < -0.3 is 15.2 Å². The van der Waals surface area contributed by atoms with E-state index in [-0.39, 0.29) is 18.4 Å². The van der Waals surface area contributed by atoms with Crippen LogP contribution in [0.4, 0.5) is 5.69 Å². The lowest BCUT2D eigenvalue weighted by atomic mass is 9.93. The fourth-order valence-electron chi connectivity index (χ4n) is 2.36. The average molecular weight is 235 g/mol. The van der Waals surface area contributed by atoms with E-state index in [1.807, 2.05) is 32.0 Å². The Morgan fingerprint density at radius 2 is 2.29 bits per heavy atom. The smallest absolute Gasteiger partial charge is 0.304 e. The third-order valence-electron chi connectivity index (χ3n) is 3.13. The van der Waals surface area contributed by atoms with Gasteiger partial charge in [0.1, 0.15) is 5.75 Å². The van der Waals surface area contributed by atoms with Crippen LogP contribution in [0.1, 0.15) is 31.7 Å². The molecule has 0 fully saturated rings. The van der Waals surface area contributed by atoms with E-state index < -0.39 is 5.97 Å². The maximum absolute atomic E-state index is 10.9. The highest BCUT2D eigenvalue weighted by molar-refractivity contribution is 5.73. The number of carboxylic acid groups (broad SMARTS) is 1. The van der Waals surface area contributed by atoms with Crippen LogP contribution in [-0.4, -0.2) is 23.7 Å². The van der Waals surface area contributed by atoms with Crippen LogP contribution in [0, 0.1) is 0 Å². The molecule has 1 aromatic rings. The quantitative estimate of drug-likeness (QED) is 0.841. The number of rotatable bonds is 4. The van der Waals surface area contributed by atoms with Crippen LogP contribution in [0.15, 0.2) is 18.2 Å². The lowest BCUT2D eigenvalue weighted by molar-refractivity contribution is -0.137. The molecule has 2 N–H and O–H groups in total. The van der Waals surface area contributed by atoms with E-state index in [2.05, 4.69) is 5.32 Å². The second-order valence-corrected chi connectivity index (χ2v) is 4.29. The summed E-state index contributed by atoms with van der Waals surface area (Å²) >= 11 is 0.